The van der Waals surface area contributed by atoms with Crippen LogP contribution < -0.4 is 20.3 Å². The third-order valence-electron chi connectivity index (χ3n) is 4.58. The van der Waals surface area contributed by atoms with Gasteiger partial charge in [-0.05, 0) is 55.0 Å². The van der Waals surface area contributed by atoms with Gasteiger partial charge >= 0.3 is 0 Å². The number of aryl methyl sites for hydroxylation is 1. The summed E-state index contributed by atoms with van der Waals surface area (Å²) in [7, 11) is 0. The Morgan fingerprint density at radius 1 is 1.06 bits per heavy atom. The molecule has 1 amide bonds. The van der Waals surface area contributed by atoms with Crippen molar-refractivity contribution >= 4 is 28.8 Å². The highest BCUT2D eigenvalue weighted by Crippen LogP contribution is 2.24. The van der Waals surface area contributed by atoms with Crippen LogP contribution in [-0.4, -0.2) is 21.9 Å². The predicted octanol–water partition coefficient (Wildman–Crippen LogP) is 4.25. The molecule has 32 heavy (non-hydrogen) atoms. The van der Waals surface area contributed by atoms with Crippen molar-refractivity contribution in [2.45, 2.75) is 13.5 Å². The Bertz CT molecular complexity index is 1320. The van der Waals surface area contributed by atoms with E-state index in [-0.39, 0.29) is 24.7 Å². The van der Waals surface area contributed by atoms with E-state index in [4.69, 9.17) is 21.1 Å². The number of carbonyl (C=O) groups is 1. The van der Waals surface area contributed by atoms with Crippen molar-refractivity contribution in [1.82, 2.24) is 9.38 Å². The van der Waals surface area contributed by atoms with E-state index in [9.17, 15) is 9.59 Å². The molecule has 2 aromatic heterocycles. The van der Waals surface area contributed by atoms with Gasteiger partial charge in [-0.15, -0.1) is 0 Å². The van der Waals surface area contributed by atoms with E-state index in [0.29, 0.717) is 33.6 Å². The van der Waals surface area contributed by atoms with Gasteiger partial charge in [0.05, 0.1) is 11.4 Å². The number of hydrogen-bond acceptors (Lipinski definition) is 5. The highest BCUT2D eigenvalue weighted by Gasteiger charge is 2.10. The molecule has 162 valence electrons. The molecule has 2 aromatic carbocycles. The van der Waals surface area contributed by atoms with E-state index in [2.05, 4.69) is 10.3 Å². The van der Waals surface area contributed by atoms with Crippen LogP contribution in [0.5, 0.6) is 11.5 Å². The zero-order valence-electron chi connectivity index (χ0n) is 17.2. The Kier molecular flexibility index (Phi) is 6.37. The molecule has 0 aliphatic heterocycles. The fraction of sp³-hybridized carbons (Fsp3) is 0.125. The number of fused-ring (bicyclic) bond motifs is 1. The third-order valence-corrected chi connectivity index (χ3v) is 4.83. The van der Waals surface area contributed by atoms with Crippen molar-refractivity contribution in [2.24, 2.45) is 0 Å². The minimum absolute atomic E-state index is 0.0772. The highest BCUT2D eigenvalue weighted by molar-refractivity contribution is 6.30. The highest BCUT2D eigenvalue weighted by atomic mass is 35.5. The number of halogens is 1. The molecule has 0 unspecified atom stereocenters. The first kappa shape index (κ1) is 21.4. The molecule has 0 atom stereocenters. The average molecular weight is 450 g/mol. The van der Waals surface area contributed by atoms with Gasteiger partial charge in [0.25, 0.3) is 11.5 Å². The van der Waals surface area contributed by atoms with Crippen LogP contribution in [0, 0.1) is 6.92 Å². The fourth-order valence-electron chi connectivity index (χ4n) is 3.05. The Morgan fingerprint density at radius 3 is 2.66 bits per heavy atom. The second-order valence-electron chi connectivity index (χ2n) is 7.10. The monoisotopic (exact) mass is 449 g/mol. The Hall–Kier alpha value is -3.84. The molecule has 1 N–H and O–H groups in total. The summed E-state index contributed by atoms with van der Waals surface area (Å²) in [4.78, 5) is 29.2. The number of amides is 1. The van der Waals surface area contributed by atoms with Gasteiger partial charge in [-0.3, -0.25) is 14.0 Å². The van der Waals surface area contributed by atoms with Crippen molar-refractivity contribution in [2.75, 3.05) is 11.9 Å². The van der Waals surface area contributed by atoms with Gasteiger partial charge in [-0.2, -0.15) is 0 Å². The molecule has 0 radical (unpaired) electrons. The molecule has 0 fully saturated rings. The minimum Gasteiger partial charge on any atom is -0.485 e. The number of carbonyl (C=O) groups excluding carboxylic acids is 1. The van der Waals surface area contributed by atoms with Crippen molar-refractivity contribution in [3.05, 3.63) is 99.6 Å². The molecule has 2 heterocycles. The molecule has 0 saturated carbocycles. The standard InChI is InChI=1S/C24H20ClN3O4/c1-16-6-11-22-26-18(12-24(30)28(22)13-16)14-32-21-5-3-2-4-20(21)27-23(29)15-31-19-9-7-17(25)8-10-19/h2-13H,14-15H2,1H3,(H,27,29). The summed E-state index contributed by atoms with van der Waals surface area (Å²) in [6.07, 6.45) is 1.74. The number of anilines is 1. The van der Waals surface area contributed by atoms with Gasteiger partial charge < -0.3 is 14.8 Å². The molecule has 4 rings (SSSR count). The number of rotatable bonds is 7. The van der Waals surface area contributed by atoms with Crippen molar-refractivity contribution < 1.29 is 14.3 Å². The predicted molar refractivity (Wildman–Crippen MR) is 123 cm³/mol. The van der Waals surface area contributed by atoms with E-state index >= 15 is 0 Å². The Balaban J connectivity index is 1.41. The van der Waals surface area contributed by atoms with Crippen LogP contribution in [0.15, 0.2) is 77.7 Å². The second-order valence-corrected chi connectivity index (χ2v) is 7.53. The molecule has 7 nitrogen and oxygen atoms in total. The number of aromatic nitrogens is 2. The van der Waals surface area contributed by atoms with Gasteiger partial charge in [0.1, 0.15) is 23.8 Å². The maximum Gasteiger partial charge on any atom is 0.262 e. The summed E-state index contributed by atoms with van der Waals surface area (Å²) in [6, 6.07) is 18.9. The number of hydrogen-bond donors (Lipinski definition) is 1. The van der Waals surface area contributed by atoms with Crippen LogP contribution >= 0.6 is 11.6 Å². The van der Waals surface area contributed by atoms with Gasteiger partial charge in [0.15, 0.2) is 6.61 Å². The lowest BCUT2D eigenvalue weighted by atomic mass is 10.3. The number of ether oxygens (including phenoxy) is 2. The van der Waals surface area contributed by atoms with Gasteiger partial charge in [0, 0.05) is 17.3 Å². The van der Waals surface area contributed by atoms with Crippen molar-refractivity contribution in [3.8, 4) is 11.5 Å². The second kappa shape index (κ2) is 9.53. The lowest BCUT2D eigenvalue weighted by molar-refractivity contribution is -0.118. The molecule has 0 spiro atoms. The first-order valence-electron chi connectivity index (χ1n) is 9.87. The molecule has 8 heteroatoms. The lowest BCUT2D eigenvalue weighted by Crippen LogP contribution is -2.20. The zero-order valence-corrected chi connectivity index (χ0v) is 18.0. The molecule has 0 aliphatic rings. The summed E-state index contributed by atoms with van der Waals surface area (Å²) in [5, 5.41) is 3.36. The summed E-state index contributed by atoms with van der Waals surface area (Å²) < 4.78 is 12.8. The number of benzene rings is 2. The van der Waals surface area contributed by atoms with Crippen LogP contribution in [0.4, 0.5) is 5.69 Å². The number of para-hydroxylation sites is 2. The summed E-state index contributed by atoms with van der Waals surface area (Å²) in [5.41, 5.74) is 2.31. The molecule has 4 aromatic rings. The van der Waals surface area contributed by atoms with Crippen LogP contribution in [-0.2, 0) is 11.4 Å². The molecule has 0 aliphatic carbocycles. The maximum atomic E-state index is 12.4. The van der Waals surface area contributed by atoms with Gasteiger partial charge in [-0.25, -0.2) is 4.98 Å². The van der Waals surface area contributed by atoms with Crippen molar-refractivity contribution in [1.29, 1.82) is 0 Å². The largest absolute Gasteiger partial charge is 0.485 e. The van der Waals surface area contributed by atoms with E-state index in [1.54, 1.807) is 60.8 Å². The zero-order chi connectivity index (χ0) is 22.5. The smallest absolute Gasteiger partial charge is 0.262 e. The average Bonchev–Trinajstić information content (AvgIpc) is 2.79. The Morgan fingerprint density at radius 2 is 1.84 bits per heavy atom. The summed E-state index contributed by atoms with van der Waals surface area (Å²) in [5.74, 6) is 0.657. The number of nitrogens with one attached hydrogen (secondary N) is 1. The van der Waals surface area contributed by atoms with E-state index in [1.807, 2.05) is 13.0 Å². The van der Waals surface area contributed by atoms with Gasteiger partial charge in [0.2, 0.25) is 0 Å². The maximum absolute atomic E-state index is 12.4. The molecule has 0 saturated heterocycles. The van der Waals surface area contributed by atoms with Crippen LogP contribution in [0.2, 0.25) is 5.02 Å². The summed E-state index contributed by atoms with van der Waals surface area (Å²) in [6.45, 7) is 1.82. The minimum atomic E-state index is -0.339. The van der Waals surface area contributed by atoms with Crippen LogP contribution in [0.1, 0.15) is 11.3 Å². The number of nitrogens with zero attached hydrogens (tertiary/aromatic N) is 2. The van der Waals surface area contributed by atoms with Crippen LogP contribution in [0.3, 0.4) is 0 Å². The molecule has 0 bridgehead atoms. The van der Waals surface area contributed by atoms with E-state index < -0.39 is 0 Å². The third kappa shape index (κ3) is 5.25. The van der Waals surface area contributed by atoms with Crippen molar-refractivity contribution in [3.63, 3.8) is 0 Å². The quantitative estimate of drug-likeness (QED) is 0.456. The normalized spacial score (nSPS) is 10.7. The fourth-order valence-corrected chi connectivity index (χ4v) is 3.17. The van der Waals surface area contributed by atoms with Gasteiger partial charge in [-0.1, -0.05) is 29.8 Å². The first-order valence-corrected chi connectivity index (χ1v) is 10.2. The molecular weight excluding hydrogens is 430 g/mol. The Labute approximate surface area is 189 Å². The SMILES string of the molecule is Cc1ccc2nc(COc3ccccc3NC(=O)COc3ccc(Cl)cc3)cc(=O)n2c1. The van der Waals surface area contributed by atoms with Crippen LogP contribution in [0.25, 0.3) is 5.65 Å². The topological polar surface area (TPSA) is 81.9 Å². The van der Waals surface area contributed by atoms with E-state index in [1.165, 1.54) is 10.5 Å². The number of pyridine rings is 1. The summed E-state index contributed by atoms with van der Waals surface area (Å²) >= 11 is 5.84. The lowest BCUT2D eigenvalue weighted by Gasteiger charge is -2.13. The molecular formula is C24H20ClN3O4. The first-order chi connectivity index (χ1) is 15.5. The van der Waals surface area contributed by atoms with E-state index in [0.717, 1.165) is 5.56 Å².